The van der Waals surface area contributed by atoms with Crippen LogP contribution in [0.15, 0.2) is 88.3 Å². The highest BCUT2D eigenvalue weighted by molar-refractivity contribution is 5.93. The summed E-state index contributed by atoms with van der Waals surface area (Å²) in [5.74, 6) is 3.62. The number of nitrogens with one attached hydrogen (secondary N) is 1. The van der Waals surface area contributed by atoms with Gasteiger partial charge in [-0.05, 0) is 73.0 Å². The van der Waals surface area contributed by atoms with E-state index in [9.17, 15) is 14.7 Å². The fraction of sp³-hybridized carbons (Fsp3) is 0.268. The molecule has 0 aliphatic carbocycles. The van der Waals surface area contributed by atoms with E-state index in [0.717, 1.165) is 22.2 Å². The second-order valence-corrected chi connectivity index (χ2v) is 12.3. The molecule has 0 unspecified atom stereocenters. The summed E-state index contributed by atoms with van der Waals surface area (Å²) in [7, 11) is 1.60. The van der Waals surface area contributed by atoms with Gasteiger partial charge in [-0.2, -0.15) is 0 Å². The predicted molar refractivity (Wildman–Crippen MR) is 203 cm³/mol. The van der Waals surface area contributed by atoms with E-state index < -0.39 is 5.76 Å². The quantitative estimate of drug-likeness (QED) is 0.0722. The van der Waals surface area contributed by atoms with Crippen LogP contribution in [-0.2, 0) is 20.8 Å². The first-order chi connectivity index (χ1) is 26.3. The van der Waals surface area contributed by atoms with Crippen LogP contribution in [0, 0.1) is 19.3 Å². The molecule has 54 heavy (non-hydrogen) atoms. The Morgan fingerprint density at radius 2 is 1.76 bits per heavy atom. The number of phenolic OH excluding ortho intramolecular Hbond substituents is 1. The van der Waals surface area contributed by atoms with Crippen LogP contribution in [0.3, 0.4) is 0 Å². The molecule has 0 aliphatic heterocycles. The molecule has 0 amide bonds. The first kappa shape index (κ1) is 37.4. The van der Waals surface area contributed by atoms with Crippen molar-refractivity contribution < 1.29 is 38.0 Å². The van der Waals surface area contributed by atoms with Gasteiger partial charge in [0.1, 0.15) is 32.0 Å². The SMILES string of the molecule is C#Cc1cccc(Nc2ncnc3cc(OCCOCCCC(=O)COc4ccc(Cn5c(=O)oc6ccc(C)cc65)cc4O)c(OCCOC)cc23)c1. The Balaban J connectivity index is 0.951. The van der Waals surface area contributed by atoms with Crippen LogP contribution in [0.25, 0.3) is 22.0 Å². The minimum Gasteiger partial charge on any atom is -0.504 e. The number of oxazole rings is 1. The summed E-state index contributed by atoms with van der Waals surface area (Å²) in [4.78, 5) is 33.8. The lowest BCUT2D eigenvalue weighted by Gasteiger charge is -2.15. The number of fused-ring (bicyclic) bond motifs is 2. The Kier molecular flexibility index (Phi) is 12.4. The molecule has 0 saturated heterocycles. The standard InChI is InChI=1S/C41H40N4O9/c1-4-28-7-5-8-30(20-28)44-40-32-22-38(51-17-15-49-3)39(23-33(32)42-26-43-40)52-18-16-50-14-6-9-31(46)25-53-37-13-11-29(21-35(37)47)24-45-34-19-27(2)10-12-36(34)54-41(45)48/h1,5,7-8,10-13,19-23,26,47H,6,9,14-18,24-25H2,2-3H3,(H,42,43,44). The van der Waals surface area contributed by atoms with E-state index in [1.807, 2.05) is 49.4 Å². The molecule has 2 N–H and O–H groups in total. The smallest absolute Gasteiger partial charge is 0.420 e. The molecule has 0 aliphatic rings. The molecule has 13 nitrogen and oxygen atoms in total. The Morgan fingerprint density at radius 3 is 2.57 bits per heavy atom. The summed E-state index contributed by atoms with van der Waals surface area (Å²) in [6.45, 7) is 3.49. The predicted octanol–water partition coefficient (Wildman–Crippen LogP) is 6.17. The van der Waals surface area contributed by atoms with Crippen LogP contribution in [0.1, 0.15) is 29.5 Å². The number of carbonyl (C=O) groups excluding carboxylic acids is 1. The number of ketones is 1. The minimum absolute atomic E-state index is 0.129. The fourth-order valence-electron chi connectivity index (χ4n) is 5.65. The van der Waals surface area contributed by atoms with Crippen molar-refractivity contribution in [1.29, 1.82) is 0 Å². The number of hydrogen-bond donors (Lipinski definition) is 2. The minimum atomic E-state index is -0.483. The number of phenols is 1. The zero-order chi connectivity index (χ0) is 37.9. The molecule has 0 spiro atoms. The molecule has 13 heteroatoms. The molecule has 0 atom stereocenters. The van der Waals surface area contributed by atoms with Gasteiger partial charge in [-0.3, -0.25) is 9.36 Å². The van der Waals surface area contributed by atoms with Crippen LogP contribution < -0.4 is 25.3 Å². The van der Waals surface area contributed by atoms with Gasteiger partial charge in [-0.15, -0.1) is 6.42 Å². The number of anilines is 2. The summed E-state index contributed by atoms with van der Waals surface area (Å²) >= 11 is 0. The van der Waals surface area contributed by atoms with Crippen molar-refractivity contribution in [2.24, 2.45) is 0 Å². The van der Waals surface area contributed by atoms with Gasteiger partial charge in [0.2, 0.25) is 0 Å². The summed E-state index contributed by atoms with van der Waals surface area (Å²) in [5.41, 5.74) is 5.02. The number of carbonyl (C=O) groups is 1. The Labute approximate surface area is 311 Å². The zero-order valence-corrected chi connectivity index (χ0v) is 30.0. The van der Waals surface area contributed by atoms with Crippen molar-refractivity contribution in [1.82, 2.24) is 14.5 Å². The third kappa shape index (κ3) is 9.54. The van der Waals surface area contributed by atoms with E-state index in [-0.39, 0.29) is 50.1 Å². The number of benzene rings is 4. The monoisotopic (exact) mass is 732 g/mol. The molecule has 0 bridgehead atoms. The number of aromatic nitrogens is 3. The van der Waals surface area contributed by atoms with Gasteiger partial charge < -0.3 is 38.5 Å². The van der Waals surface area contributed by atoms with Crippen molar-refractivity contribution in [3.8, 4) is 35.3 Å². The second kappa shape index (κ2) is 17.9. The number of rotatable bonds is 19. The molecular weight excluding hydrogens is 692 g/mol. The summed E-state index contributed by atoms with van der Waals surface area (Å²) in [6.07, 6.45) is 7.75. The molecule has 4 aromatic carbocycles. The van der Waals surface area contributed by atoms with Crippen LogP contribution in [-0.4, -0.2) is 72.2 Å². The lowest BCUT2D eigenvalue weighted by molar-refractivity contribution is -0.121. The van der Waals surface area contributed by atoms with Gasteiger partial charge in [0, 0.05) is 42.8 Å². The first-order valence-corrected chi connectivity index (χ1v) is 17.3. The highest BCUT2D eigenvalue weighted by Gasteiger charge is 2.15. The number of ether oxygens (including phenoxy) is 5. The number of terminal acetylenes is 1. The molecule has 6 rings (SSSR count). The summed E-state index contributed by atoms with van der Waals surface area (Å²) < 4.78 is 35.3. The Bertz CT molecular complexity index is 2340. The Morgan fingerprint density at radius 1 is 0.926 bits per heavy atom. The van der Waals surface area contributed by atoms with Crippen molar-refractivity contribution in [3.05, 3.63) is 106 Å². The van der Waals surface area contributed by atoms with E-state index >= 15 is 0 Å². The van der Waals surface area contributed by atoms with Crippen molar-refractivity contribution in [3.63, 3.8) is 0 Å². The number of methoxy groups -OCH3 is 1. The normalized spacial score (nSPS) is 11.1. The molecule has 2 aromatic heterocycles. The van der Waals surface area contributed by atoms with Crippen molar-refractivity contribution in [2.45, 2.75) is 26.3 Å². The van der Waals surface area contributed by atoms with Crippen LogP contribution in [0.5, 0.6) is 23.0 Å². The highest BCUT2D eigenvalue weighted by Crippen LogP contribution is 2.35. The molecule has 0 fully saturated rings. The number of aryl methyl sites for hydroxylation is 1. The zero-order valence-electron chi connectivity index (χ0n) is 30.0. The molecule has 0 radical (unpaired) electrons. The summed E-state index contributed by atoms with van der Waals surface area (Å²) in [6, 6.07) is 21.4. The lowest BCUT2D eigenvalue weighted by Crippen LogP contribution is -2.15. The van der Waals surface area contributed by atoms with Gasteiger partial charge in [-0.25, -0.2) is 14.8 Å². The second-order valence-electron chi connectivity index (χ2n) is 12.3. The first-order valence-electron chi connectivity index (χ1n) is 17.3. The number of aromatic hydroxyl groups is 1. The maximum atomic E-state index is 12.5. The molecule has 278 valence electrons. The van der Waals surface area contributed by atoms with Crippen molar-refractivity contribution >= 4 is 39.3 Å². The number of hydrogen-bond acceptors (Lipinski definition) is 12. The average Bonchev–Trinajstić information content (AvgIpc) is 3.47. The largest absolute Gasteiger partial charge is 0.504 e. The molecule has 6 aromatic rings. The van der Waals surface area contributed by atoms with E-state index in [2.05, 4.69) is 21.2 Å². The van der Waals surface area contributed by atoms with Crippen LogP contribution >= 0.6 is 0 Å². The average molecular weight is 733 g/mol. The highest BCUT2D eigenvalue weighted by atomic mass is 16.6. The van der Waals surface area contributed by atoms with Crippen LogP contribution in [0.2, 0.25) is 0 Å². The van der Waals surface area contributed by atoms with Gasteiger partial charge in [0.05, 0.1) is 30.8 Å². The van der Waals surface area contributed by atoms with Gasteiger partial charge >= 0.3 is 5.76 Å². The topological polar surface area (TPSA) is 156 Å². The Hall–Kier alpha value is -6.36. The van der Waals surface area contributed by atoms with E-state index in [1.54, 1.807) is 31.4 Å². The maximum absolute atomic E-state index is 12.5. The third-order valence-corrected chi connectivity index (χ3v) is 8.34. The van der Waals surface area contributed by atoms with Gasteiger partial charge in [-0.1, -0.05) is 24.1 Å². The number of nitrogens with zero attached hydrogens (tertiary/aromatic N) is 3. The van der Waals surface area contributed by atoms with E-state index in [4.69, 9.17) is 34.5 Å². The maximum Gasteiger partial charge on any atom is 0.420 e. The molecular formula is C41H40N4O9. The third-order valence-electron chi connectivity index (χ3n) is 8.34. The fourth-order valence-corrected chi connectivity index (χ4v) is 5.65. The molecule has 2 heterocycles. The van der Waals surface area contributed by atoms with Crippen LogP contribution in [0.4, 0.5) is 11.5 Å². The lowest BCUT2D eigenvalue weighted by atomic mass is 10.2. The van der Waals surface area contributed by atoms with Gasteiger partial charge in [0.25, 0.3) is 0 Å². The summed E-state index contributed by atoms with van der Waals surface area (Å²) in [5, 5.41) is 14.6. The molecule has 0 saturated carbocycles. The van der Waals surface area contributed by atoms with E-state index in [1.165, 1.54) is 17.0 Å². The van der Waals surface area contributed by atoms with Crippen molar-refractivity contribution in [2.75, 3.05) is 52.1 Å². The van der Waals surface area contributed by atoms with Gasteiger partial charge in [0.15, 0.2) is 34.4 Å². The number of Topliss-reactive ketones (excluding diaryl/α,β-unsaturated/α-hetero) is 1. The van der Waals surface area contributed by atoms with E-state index in [0.29, 0.717) is 65.7 Å².